The van der Waals surface area contributed by atoms with E-state index in [1.807, 2.05) is 0 Å². The number of tetrazole rings is 1. The summed E-state index contributed by atoms with van der Waals surface area (Å²) >= 11 is -0.876. The zero-order valence-electron chi connectivity index (χ0n) is 15.2. The van der Waals surface area contributed by atoms with Crippen LogP contribution in [0.1, 0.15) is 42.4 Å². The molecule has 0 aliphatic heterocycles. The molecule has 0 fully saturated rings. The summed E-state index contributed by atoms with van der Waals surface area (Å²) < 4.78 is 2.16. The fourth-order valence-electron chi connectivity index (χ4n) is 3.67. The van der Waals surface area contributed by atoms with Crippen LogP contribution in [0.4, 0.5) is 0 Å². The van der Waals surface area contributed by atoms with Crippen LogP contribution < -0.4 is 24.8 Å². The first kappa shape index (κ1) is 21.3. The van der Waals surface area contributed by atoms with E-state index < -0.39 is 23.2 Å². The van der Waals surface area contributed by atoms with E-state index in [2.05, 4.69) is 73.4 Å². The second-order valence-corrected chi connectivity index (χ2v) is 10.0. The Morgan fingerprint density at radius 2 is 1.77 bits per heavy atom. The largest absolute Gasteiger partial charge is 1.00 e. The molecule has 0 amide bonds. The maximum absolute atomic E-state index is 4.30. The molecule has 0 spiro atoms. The van der Waals surface area contributed by atoms with Gasteiger partial charge in [-0.15, -0.1) is 0 Å². The van der Waals surface area contributed by atoms with Crippen molar-refractivity contribution in [2.45, 2.75) is 31.3 Å². The average Bonchev–Trinajstić information content (AvgIpc) is 3.28. The Morgan fingerprint density at radius 1 is 1.04 bits per heavy atom. The molecule has 2 aliphatic carbocycles. The minimum atomic E-state index is -0.876. The van der Waals surface area contributed by atoms with Crippen LogP contribution in [0.5, 0.6) is 0 Å². The van der Waals surface area contributed by atoms with E-state index in [4.69, 9.17) is 0 Å². The Balaban J connectivity index is 0.00000121. The van der Waals surface area contributed by atoms with Gasteiger partial charge in [-0.25, -0.2) is 0 Å². The third kappa shape index (κ3) is 3.42. The molecule has 0 radical (unpaired) electrons. The van der Waals surface area contributed by atoms with Gasteiger partial charge in [-0.05, 0) is 0 Å². The number of fused-ring (bicyclic) bond motifs is 1. The molecule has 2 aliphatic rings. The summed E-state index contributed by atoms with van der Waals surface area (Å²) in [5.41, 5.74) is 8.50. The Bertz CT molecular complexity index is 900. The molecule has 134 valence electrons. The van der Waals surface area contributed by atoms with Crippen molar-refractivity contribution >= 4 is 11.8 Å². The molecular weight excluding hydrogens is 446 g/mol. The fraction of sp³-hybridized carbons (Fsp3) is 0.316. The van der Waals surface area contributed by atoms with Crippen LogP contribution in [0.3, 0.4) is 0 Å². The number of halogens is 2. The van der Waals surface area contributed by atoms with Crippen molar-refractivity contribution in [2.75, 3.05) is 0 Å². The van der Waals surface area contributed by atoms with Crippen molar-refractivity contribution in [1.82, 2.24) is 20.2 Å². The van der Waals surface area contributed by atoms with Gasteiger partial charge in [-0.3, -0.25) is 0 Å². The van der Waals surface area contributed by atoms with Gasteiger partial charge in [0.2, 0.25) is 0 Å². The predicted molar refractivity (Wildman–Crippen MR) is 91.4 cm³/mol. The maximum atomic E-state index is 4.30. The summed E-state index contributed by atoms with van der Waals surface area (Å²) in [7, 11) is 0. The van der Waals surface area contributed by atoms with Gasteiger partial charge in [0.1, 0.15) is 0 Å². The normalized spacial score (nSPS) is 21.0. The van der Waals surface area contributed by atoms with Gasteiger partial charge >= 0.3 is 154 Å². The summed E-state index contributed by atoms with van der Waals surface area (Å²) in [5, 5.41) is 12.4. The topological polar surface area (TPSA) is 43.6 Å². The van der Waals surface area contributed by atoms with Gasteiger partial charge in [0.25, 0.3) is 0 Å². The van der Waals surface area contributed by atoms with E-state index in [-0.39, 0.29) is 24.8 Å². The molecule has 0 saturated heterocycles. The van der Waals surface area contributed by atoms with Crippen LogP contribution in [-0.4, -0.2) is 20.2 Å². The van der Waals surface area contributed by atoms with E-state index in [0.29, 0.717) is 9.54 Å². The van der Waals surface area contributed by atoms with E-state index in [1.165, 1.54) is 34.3 Å². The SMILES string of the molecule is CC1=C(C)C(C)[C]([Zr+2][CH]2C(n3ncnn3)=Cc3ccccc32)=C1C.[Cl-].[Cl-]. The minimum Gasteiger partial charge on any atom is -1.00 e. The number of benzene rings is 1. The van der Waals surface area contributed by atoms with Crippen LogP contribution in [0.15, 0.2) is 50.6 Å². The van der Waals surface area contributed by atoms with Crippen LogP contribution in [-0.2, 0) is 23.2 Å². The zero-order valence-corrected chi connectivity index (χ0v) is 19.1. The Hall–Kier alpha value is -1.03. The molecule has 2 atom stereocenters. The first-order chi connectivity index (χ1) is 11.6. The summed E-state index contributed by atoms with van der Waals surface area (Å²) in [6, 6.07) is 8.71. The zero-order chi connectivity index (χ0) is 16.8. The Kier molecular flexibility index (Phi) is 6.82. The monoisotopic (exact) mass is 464 g/mol. The van der Waals surface area contributed by atoms with Crippen molar-refractivity contribution in [3.8, 4) is 0 Å². The maximum Gasteiger partial charge on any atom is -1.00 e. The van der Waals surface area contributed by atoms with E-state index >= 15 is 0 Å². The summed E-state index contributed by atoms with van der Waals surface area (Å²) in [6.07, 6.45) is 3.76. The molecule has 4 rings (SSSR count). The molecule has 0 bridgehead atoms. The number of allylic oxidation sites excluding steroid dienone is 5. The molecule has 1 aromatic heterocycles. The number of rotatable bonds is 3. The third-order valence-electron chi connectivity index (χ3n) is 5.43. The van der Waals surface area contributed by atoms with Crippen molar-refractivity contribution in [1.29, 1.82) is 0 Å². The summed E-state index contributed by atoms with van der Waals surface area (Å²) in [4.78, 5) is 1.72. The standard InChI is InChI=1S/C10H7N4.C9H13.2ClH.Zr/c1-2-4-9-6-10(5-8(9)3-1)14-12-7-11-13-14;1-6-5-7(2)9(4)8(6)3;;;/h1-7H;6H,1-4H3;2*1H;/q;;;;+2/p-2. The fourth-order valence-corrected chi connectivity index (χ4v) is 8.45. The number of hydrogen-bond donors (Lipinski definition) is 0. The first-order valence-electron chi connectivity index (χ1n) is 8.27. The molecule has 0 N–H and O–H groups in total. The van der Waals surface area contributed by atoms with E-state index in [9.17, 15) is 0 Å². The molecule has 0 saturated carbocycles. The number of nitrogens with zero attached hydrogens (tertiary/aromatic N) is 4. The number of aromatic nitrogens is 4. The molecule has 2 aromatic rings. The molecule has 1 aromatic carbocycles. The van der Waals surface area contributed by atoms with Crippen LogP contribution in [0.2, 0.25) is 0 Å². The van der Waals surface area contributed by atoms with Crippen molar-refractivity contribution in [2.24, 2.45) is 5.92 Å². The van der Waals surface area contributed by atoms with Gasteiger partial charge in [-0.2, -0.15) is 0 Å². The van der Waals surface area contributed by atoms with Crippen LogP contribution >= 0.6 is 0 Å². The third-order valence-corrected chi connectivity index (χ3v) is 10.4. The Labute approximate surface area is 178 Å². The van der Waals surface area contributed by atoms with Crippen LogP contribution in [0, 0.1) is 5.92 Å². The van der Waals surface area contributed by atoms with Crippen molar-refractivity contribution in [3.63, 3.8) is 0 Å². The Morgan fingerprint density at radius 3 is 2.38 bits per heavy atom. The minimum absolute atomic E-state index is 0. The number of hydrogen-bond acceptors (Lipinski definition) is 3. The van der Waals surface area contributed by atoms with Gasteiger partial charge in [-0.1, -0.05) is 0 Å². The van der Waals surface area contributed by atoms with Gasteiger partial charge < -0.3 is 24.8 Å². The molecule has 1 heterocycles. The van der Waals surface area contributed by atoms with Gasteiger partial charge in [0.05, 0.1) is 0 Å². The smallest absolute Gasteiger partial charge is 1.00 e. The molecule has 26 heavy (non-hydrogen) atoms. The quantitative estimate of drug-likeness (QED) is 0.530. The van der Waals surface area contributed by atoms with Gasteiger partial charge in [0, 0.05) is 0 Å². The summed E-state index contributed by atoms with van der Waals surface area (Å²) in [6.45, 7) is 9.22. The predicted octanol–water partition coefficient (Wildman–Crippen LogP) is -1.92. The van der Waals surface area contributed by atoms with Crippen LogP contribution in [0.25, 0.3) is 11.8 Å². The van der Waals surface area contributed by atoms with Crippen molar-refractivity contribution < 1.29 is 48.0 Å². The van der Waals surface area contributed by atoms with E-state index in [1.54, 1.807) is 13.7 Å². The second-order valence-electron chi connectivity index (χ2n) is 6.57. The average molecular weight is 467 g/mol. The van der Waals surface area contributed by atoms with Crippen molar-refractivity contribution in [3.05, 3.63) is 61.7 Å². The molecule has 7 heteroatoms. The molecule has 4 nitrogen and oxygen atoms in total. The first-order valence-corrected chi connectivity index (χ1v) is 10.9. The second kappa shape index (κ2) is 8.33. The van der Waals surface area contributed by atoms with Gasteiger partial charge in [0.15, 0.2) is 0 Å². The summed E-state index contributed by atoms with van der Waals surface area (Å²) in [5.74, 6) is 0.592. The molecule has 2 unspecified atom stereocenters. The van der Waals surface area contributed by atoms with E-state index in [0.717, 1.165) is 0 Å². The molecular formula is C19H20Cl2N4Zr.